The fourth-order valence-electron chi connectivity index (χ4n) is 4.16. The highest BCUT2D eigenvalue weighted by Crippen LogP contribution is 2.40. The minimum absolute atomic E-state index is 0.0710. The molecule has 1 unspecified atom stereocenters. The van der Waals surface area contributed by atoms with E-state index in [1.807, 2.05) is 49.3 Å². The van der Waals surface area contributed by atoms with Gasteiger partial charge in [0, 0.05) is 25.2 Å². The Morgan fingerprint density at radius 2 is 1.77 bits per heavy atom. The van der Waals surface area contributed by atoms with Gasteiger partial charge in [-0.15, -0.1) is 0 Å². The summed E-state index contributed by atoms with van der Waals surface area (Å²) in [6, 6.07) is 14.1. The number of carbonyl (C=O) groups is 2. The molecule has 4 rings (SSSR count). The second-order valence-corrected chi connectivity index (χ2v) is 8.54. The minimum Gasteiger partial charge on any atom is -0.507 e. The monoisotopic (exact) mass is 475 g/mol. The van der Waals surface area contributed by atoms with E-state index in [-0.39, 0.29) is 23.6 Å². The Labute approximate surface area is 201 Å². The molecule has 1 N–H and O–H groups in total. The molecule has 1 saturated heterocycles. The summed E-state index contributed by atoms with van der Waals surface area (Å²) in [5.74, 6) is -1.87. The van der Waals surface area contributed by atoms with Gasteiger partial charge in [-0.25, -0.2) is 4.68 Å². The van der Waals surface area contributed by atoms with E-state index in [1.165, 1.54) is 35.4 Å². The average Bonchev–Trinajstić information content (AvgIpc) is 3.35. The topological polar surface area (TPSA) is 122 Å². The van der Waals surface area contributed by atoms with Crippen LogP contribution in [-0.4, -0.2) is 68.5 Å². The number of carbonyl (C=O) groups excluding carboxylic acids is 2. The lowest BCUT2D eigenvalue weighted by Crippen LogP contribution is -2.35. The number of hydrogen-bond donors (Lipinski definition) is 1. The van der Waals surface area contributed by atoms with Crippen molar-refractivity contribution in [2.45, 2.75) is 13.0 Å². The molecular formula is C25H25N5O5. The summed E-state index contributed by atoms with van der Waals surface area (Å²) in [6.07, 6.45) is 1.46. The Balaban J connectivity index is 1.84. The molecule has 0 saturated carbocycles. The van der Waals surface area contributed by atoms with Gasteiger partial charge in [0.2, 0.25) is 0 Å². The number of nitro benzene ring substituents is 1. The number of benzene rings is 2. The minimum atomic E-state index is -0.893. The van der Waals surface area contributed by atoms with Crippen LogP contribution in [0, 0.1) is 17.0 Å². The summed E-state index contributed by atoms with van der Waals surface area (Å²) in [4.78, 5) is 40.0. The maximum Gasteiger partial charge on any atom is 0.295 e. The first-order valence-corrected chi connectivity index (χ1v) is 11.0. The molecule has 2 aromatic carbocycles. The largest absolute Gasteiger partial charge is 0.507 e. The smallest absolute Gasteiger partial charge is 0.295 e. The van der Waals surface area contributed by atoms with Crippen LogP contribution >= 0.6 is 0 Å². The Kier molecular flexibility index (Phi) is 6.48. The highest BCUT2D eigenvalue weighted by atomic mass is 16.6. The van der Waals surface area contributed by atoms with Crippen molar-refractivity contribution in [2.24, 2.45) is 0 Å². The molecule has 1 atom stereocenters. The standard InChI is InChI=1S/C25H25N5O5/c1-16-20(15-26-29(16)18-7-5-4-6-8-18)23(31)21-22(17-9-11-19(12-10-17)30(34)35)28(14-13-27(2)3)25(33)24(21)32/h4-12,15,22,31H,13-14H2,1-3H3/b23-21+. The number of rotatable bonds is 7. The second kappa shape index (κ2) is 9.51. The normalized spacial score (nSPS) is 17.4. The van der Waals surface area contributed by atoms with Gasteiger partial charge in [0.25, 0.3) is 17.4 Å². The lowest BCUT2D eigenvalue weighted by atomic mass is 9.95. The Hall–Kier alpha value is -4.31. The Morgan fingerprint density at radius 1 is 1.11 bits per heavy atom. The molecule has 1 aliphatic rings. The average molecular weight is 476 g/mol. The number of Topliss-reactive ketones (excluding diaryl/α,β-unsaturated/α-hetero) is 1. The molecule has 0 bridgehead atoms. The van der Waals surface area contributed by atoms with Crippen molar-refractivity contribution >= 4 is 23.1 Å². The Bertz CT molecular complexity index is 1310. The number of nitrogens with zero attached hydrogens (tertiary/aromatic N) is 5. The fourth-order valence-corrected chi connectivity index (χ4v) is 4.16. The lowest BCUT2D eigenvalue weighted by Gasteiger charge is -2.26. The number of likely N-dealkylation sites (tertiary alicyclic amines) is 1. The molecular weight excluding hydrogens is 450 g/mol. The van der Waals surface area contributed by atoms with Crippen LogP contribution in [0.1, 0.15) is 22.9 Å². The maximum absolute atomic E-state index is 13.2. The van der Waals surface area contributed by atoms with Gasteiger partial charge in [-0.1, -0.05) is 18.2 Å². The highest BCUT2D eigenvalue weighted by Gasteiger charge is 2.46. The van der Waals surface area contributed by atoms with Crippen LogP contribution in [0.2, 0.25) is 0 Å². The first-order chi connectivity index (χ1) is 16.7. The first kappa shape index (κ1) is 23.8. The third kappa shape index (κ3) is 4.43. The van der Waals surface area contributed by atoms with E-state index in [9.17, 15) is 24.8 Å². The zero-order chi connectivity index (χ0) is 25.3. The summed E-state index contributed by atoms with van der Waals surface area (Å²) in [5.41, 5.74) is 2.00. The number of aliphatic hydroxyl groups excluding tert-OH is 1. The van der Waals surface area contributed by atoms with E-state index in [0.717, 1.165) is 5.69 Å². The molecule has 3 aromatic rings. The summed E-state index contributed by atoms with van der Waals surface area (Å²) >= 11 is 0. The van der Waals surface area contributed by atoms with Crippen LogP contribution in [0.4, 0.5) is 5.69 Å². The van der Waals surface area contributed by atoms with Gasteiger partial charge in [-0.2, -0.15) is 5.10 Å². The van der Waals surface area contributed by atoms with E-state index in [1.54, 1.807) is 11.6 Å². The van der Waals surface area contributed by atoms with Gasteiger partial charge in [0.05, 0.1) is 39.7 Å². The predicted octanol–water partition coefficient (Wildman–Crippen LogP) is 3.07. The van der Waals surface area contributed by atoms with Gasteiger partial charge in [-0.3, -0.25) is 19.7 Å². The van der Waals surface area contributed by atoms with E-state index in [4.69, 9.17) is 0 Å². The van der Waals surface area contributed by atoms with Crippen molar-refractivity contribution in [2.75, 3.05) is 27.2 Å². The summed E-state index contributed by atoms with van der Waals surface area (Å²) in [5, 5.41) is 26.8. The maximum atomic E-state index is 13.2. The van der Waals surface area contributed by atoms with Crippen molar-refractivity contribution in [1.29, 1.82) is 0 Å². The number of ketones is 1. The van der Waals surface area contributed by atoms with Crippen LogP contribution < -0.4 is 0 Å². The van der Waals surface area contributed by atoms with Gasteiger partial charge in [0.1, 0.15) is 5.76 Å². The third-order valence-corrected chi connectivity index (χ3v) is 6.01. The molecule has 2 heterocycles. The second-order valence-electron chi connectivity index (χ2n) is 8.54. The number of amides is 1. The number of nitro groups is 1. The number of hydrogen-bond acceptors (Lipinski definition) is 7. The zero-order valence-corrected chi connectivity index (χ0v) is 19.6. The van der Waals surface area contributed by atoms with Crippen LogP contribution in [0.5, 0.6) is 0 Å². The zero-order valence-electron chi connectivity index (χ0n) is 19.6. The predicted molar refractivity (Wildman–Crippen MR) is 129 cm³/mol. The molecule has 0 aliphatic carbocycles. The first-order valence-electron chi connectivity index (χ1n) is 11.0. The summed E-state index contributed by atoms with van der Waals surface area (Å²) in [7, 11) is 3.69. The van der Waals surface area contributed by atoms with Gasteiger partial charge < -0.3 is 14.9 Å². The van der Waals surface area contributed by atoms with Crippen molar-refractivity contribution in [3.63, 3.8) is 0 Å². The van der Waals surface area contributed by atoms with E-state index >= 15 is 0 Å². The van der Waals surface area contributed by atoms with Crippen molar-refractivity contribution in [1.82, 2.24) is 19.6 Å². The van der Waals surface area contributed by atoms with Gasteiger partial charge in [0.15, 0.2) is 0 Å². The fraction of sp³-hybridized carbons (Fsp3) is 0.240. The van der Waals surface area contributed by atoms with Gasteiger partial charge >= 0.3 is 0 Å². The van der Waals surface area contributed by atoms with Gasteiger partial charge in [-0.05, 0) is 50.8 Å². The number of aliphatic hydroxyl groups is 1. The quantitative estimate of drug-likeness (QED) is 0.183. The summed E-state index contributed by atoms with van der Waals surface area (Å²) < 4.78 is 1.64. The van der Waals surface area contributed by atoms with Crippen LogP contribution in [0.15, 0.2) is 66.4 Å². The SMILES string of the molecule is Cc1c(/C(O)=C2\C(=O)C(=O)N(CCN(C)C)C2c2ccc([N+](=O)[O-])cc2)cnn1-c1ccccc1. The number of non-ortho nitro benzene ring substituents is 1. The van der Waals surface area contributed by atoms with Crippen LogP contribution in [-0.2, 0) is 9.59 Å². The van der Waals surface area contributed by atoms with Crippen molar-refractivity contribution in [3.05, 3.63) is 93.3 Å². The molecule has 1 aromatic heterocycles. The molecule has 0 radical (unpaired) electrons. The van der Waals surface area contributed by atoms with Crippen LogP contribution in [0.3, 0.4) is 0 Å². The van der Waals surface area contributed by atoms with E-state index in [2.05, 4.69) is 5.10 Å². The summed E-state index contributed by atoms with van der Waals surface area (Å²) in [6.45, 7) is 2.48. The lowest BCUT2D eigenvalue weighted by molar-refractivity contribution is -0.384. The molecule has 1 amide bonds. The number of aromatic nitrogens is 2. The third-order valence-electron chi connectivity index (χ3n) is 6.01. The number of likely N-dealkylation sites (N-methyl/N-ethyl adjacent to an activating group) is 1. The molecule has 1 fully saturated rings. The highest BCUT2D eigenvalue weighted by molar-refractivity contribution is 6.46. The van der Waals surface area contributed by atoms with Crippen molar-refractivity contribution < 1.29 is 19.6 Å². The molecule has 1 aliphatic heterocycles. The number of para-hydroxylation sites is 1. The van der Waals surface area contributed by atoms with E-state index in [0.29, 0.717) is 23.4 Å². The molecule has 10 heteroatoms. The molecule has 0 spiro atoms. The van der Waals surface area contributed by atoms with Crippen molar-refractivity contribution in [3.8, 4) is 5.69 Å². The molecule has 10 nitrogen and oxygen atoms in total. The van der Waals surface area contributed by atoms with E-state index < -0.39 is 22.7 Å². The molecule has 180 valence electrons. The Morgan fingerprint density at radius 3 is 2.37 bits per heavy atom. The molecule has 35 heavy (non-hydrogen) atoms. The van der Waals surface area contributed by atoms with Crippen LogP contribution in [0.25, 0.3) is 11.4 Å².